The van der Waals surface area contributed by atoms with Gasteiger partial charge in [-0.1, -0.05) is 13.3 Å². The molecule has 3 nitrogen and oxygen atoms in total. The van der Waals surface area contributed by atoms with Crippen LogP contribution in [-0.4, -0.2) is 17.7 Å². The minimum Gasteiger partial charge on any atom is -0.315 e. The lowest BCUT2D eigenvalue weighted by Gasteiger charge is -2.06. The Morgan fingerprint density at radius 2 is 2.27 bits per heavy atom. The second-order valence-corrected chi connectivity index (χ2v) is 4.31. The third-order valence-corrected chi connectivity index (χ3v) is 2.81. The molecule has 0 radical (unpaired) electrons. The average Bonchev–Trinajstić information content (AvgIpc) is 2.24. The number of nitrogens with zero attached hydrogens (tertiary/aromatic N) is 1. The van der Waals surface area contributed by atoms with Gasteiger partial charge in [-0.3, -0.25) is 4.79 Å². The summed E-state index contributed by atoms with van der Waals surface area (Å²) < 4.78 is 2.34. The summed E-state index contributed by atoms with van der Waals surface area (Å²) in [6.07, 6.45) is 4.20. The van der Waals surface area contributed by atoms with Gasteiger partial charge in [0.15, 0.2) is 0 Å². The van der Waals surface area contributed by atoms with Gasteiger partial charge in [0.1, 0.15) is 0 Å². The van der Waals surface area contributed by atoms with Crippen LogP contribution in [0.4, 0.5) is 0 Å². The van der Waals surface area contributed by atoms with E-state index in [-0.39, 0.29) is 5.56 Å². The standard InChI is InChI=1S/C11H17BrN2O/c1-2-3-6-13-7-9-14-8-4-5-10(12)11(14)15/h4-5,8,13H,2-3,6-7,9H2,1H3. The maximum Gasteiger partial charge on any atom is 0.264 e. The molecule has 0 aliphatic heterocycles. The van der Waals surface area contributed by atoms with E-state index in [1.54, 1.807) is 10.6 Å². The molecule has 0 fully saturated rings. The first kappa shape index (κ1) is 12.5. The first-order valence-corrected chi connectivity index (χ1v) is 6.10. The third-order valence-electron chi connectivity index (χ3n) is 2.21. The number of pyridine rings is 1. The van der Waals surface area contributed by atoms with Crippen LogP contribution in [0.3, 0.4) is 0 Å². The van der Waals surface area contributed by atoms with Gasteiger partial charge in [0.05, 0.1) is 4.47 Å². The van der Waals surface area contributed by atoms with Crippen molar-refractivity contribution in [3.05, 3.63) is 33.2 Å². The van der Waals surface area contributed by atoms with Crippen molar-refractivity contribution in [1.29, 1.82) is 0 Å². The van der Waals surface area contributed by atoms with E-state index in [1.165, 1.54) is 12.8 Å². The fourth-order valence-electron chi connectivity index (χ4n) is 1.31. The molecule has 0 bridgehead atoms. The van der Waals surface area contributed by atoms with Crippen molar-refractivity contribution in [2.75, 3.05) is 13.1 Å². The number of unbranched alkanes of at least 4 members (excludes halogenated alkanes) is 1. The van der Waals surface area contributed by atoms with Gasteiger partial charge in [-0.15, -0.1) is 0 Å². The van der Waals surface area contributed by atoms with Gasteiger partial charge in [0, 0.05) is 19.3 Å². The van der Waals surface area contributed by atoms with Gasteiger partial charge in [-0.2, -0.15) is 0 Å². The molecule has 0 unspecified atom stereocenters. The van der Waals surface area contributed by atoms with Crippen LogP contribution in [0.1, 0.15) is 19.8 Å². The highest BCUT2D eigenvalue weighted by atomic mass is 79.9. The molecule has 1 aromatic heterocycles. The minimum absolute atomic E-state index is 0.0368. The Bertz CT molecular complexity index is 349. The molecule has 1 aromatic rings. The smallest absolute Gasteiger partial charge is 0.264 e. The molecule has 0 aromatic carbocycles. The maximum absolute atomic E-state index is 11.6. The zero-order valence-corrected chi connectivity index (χ0v) is 10.6. The van der Waals surface area contributed by atoms with Gasteiger partial charge < -0.3 is 9.88 Å². The Morgan fingerprint density at radius 3 is 3.00 bits per heavy atom. The van der Waals surface area contributed by atoms with Crippen molar-refractivity contribution in [3.8, 4) is 0 Å². The second-order valence-electron chi connectivity index (χ2n) is 3.46. The van der Waals surface area contributed by atoms with Crippen molar-refractivity contribution in [3.63, 3.8) is 0 Å². The molecule has 0 aliphatic rings. The molecule has 1 N–H and O–H groups in total. The highest BCUT2D eigenvalue weighted by molar-refractivity contribution is 9.10. The van der Waals surface area contributed by atoms with Crippen molar-refractivity contribution in [2.45, 2.75) is 26.3 Å². The van der Waals surface area contributed by atoms with E-state index in [4.69, 9.17) is 0 Å². The molecule has 0 saturated heterocycles. The molecule has 1 heterocycles. The van der Waals surface area contributed by atoms with Crippen molar-refractivity contribution < 1.29 is 0 Å². The predicted octanol–water partition coefficient (Wildman–Crippen LogP) is 2.00. The highest BCUT2D eigenvalue weighted by Gasteiger charge is 1.98. The van der Waals surface area contributed by atoms with E-state index in [0.717, 1.165) is 19.6 Å². The molecule has 1 rings (SSSR count). The second kappa shape index (κ2) is 6.80. The maximum atomic E-state index is 11.6. The largest absolute Gasteiger partial charge is 0.315 e. The fourth-order valence-corrected chi connectivity index (χ4v) is 1.69. The van der Waals surface area contributed by atoms with Crippen LogP contribution in [0, 0.1) is 0 Å². The molecule has 0 saturated carbocycles. The Kier molecular flexibility index (Phi) is 5.65. The number of rotatable bonds is 6. The Morgan fingerprint density at radius 1 is 1.47 bits per heavy atom. The molecule has 15 heavy (non-hydrogen) atoms. The van der Waals surface area contributed by atoms with E-state index in [2.05, 4.69) is 28.2 Å². The lowest BCUT2D eigenvalue weighted by molar-refractivity contribution is 0.569. The van der Waals surface area contributed by atoms with Gasteiger partial charge in [0.2, 0.25) is 0 Å². The van der Waals surface area contributed by atoms with Crippen LogP contribution in [-0.2, 0) is 6.54 Å². The highest BCUT2D eigenvalue weighted by Crippen LogP contribution is 2.00. The van der Waals surface area contributed by atoms with Crippen molar-refractivity contribution in [1.82, 2.24) is 9.88 Å². The van der Waals surface area contributed by atoms with E-state index < -0.39 is 0 Å². The summed E-state index contributed by atoms with van der Waals surface area (Å²) in [4.78, 5) is 11.6. The van der Waals surface area contributed by atoms with Crippen LogP contribution in [0.5, 0.6) is 0 Å². The van der Waals surface area contributed by atoms with Crippen LogP contribution in [0.2, 0.25) is 0 Å². The first-order chi connectivity index (χ1) is 7.25. The summed E-state index contributed by atoms with van der Waals surface area (Å²) in [6.45, 7) is 4.76. The predicted molar refractivity (Wildman–Crippen MR) is 66.2 cm³/mol. The number of halogens is 1. The average molecular weight is 273 g/mol. The molecular weight excluding hydrogens is 256 g/mol. The molecule has 84 valence electrons. The normalized spacial score (nSPS) is 10.5. The molecule has 0 amide bonds. The summed E-state index contributed by atoms with van der Waals surface area (Å²) in [6, 6.07) is 3.64. The molecule has 0 aliphatic carbocycles. The summed E-state index contributed by atoms with van der Waals surface area (Å²) in [7, 11) is 0. The summed E-state index contributed by atoms with van der Waals surface area (Å²) in [5.41, 5.74) is 0.0368. The van der Waals surface area contributed by atoms with Gasteiger partial charge in [-0.25, -0.2) is 0 Å². The van der Waals surface area contributed by atoms with Crippen LogP contribution in [0.15, 0.2) is 27.6 Å². The van der Waals surface area contributed by atoms with Crippen molar-refractivity contribution in [2.24, 2.45) is 0 Å². The molecule has 0 spiro atoms. The fraction of sp³-hybridized carbons (Fsp3) is 0.545. The summed E-state index contributed by atoms with van der Waals surface area (Å²) in [5.74, 6) is 0. The Labute approximate surface area is 98.6 Å². The Balaban J connectivity index is 2.38. The topological polar surface area (TPSA) is 34.0 Å². The van der Waals surface area contributed by atoms with Crippen LogP contribution < -0.4 is 10.9 Å². The van der Waals surface area contributed by atoms with Gasteiger partial charge in [-0.05, 0) is 41.0 Å². The summed E-state index contributed by atoms with van der Waals surface area (Å²) in [5, 5.41) is 3.31. The zero-order chi connectivity index (χ0) is 11.1. The van der Waals surface area contributed by atoms with E-state index >= 15 is 0 Å². The van der Waals surface area contributed by atoms with Gasteiger partial charge >= 0.3 is 0 Å². The summed E-state index contributed by atoms with van der Waals surface area (Å²) >= 11 is 3.23. The van der Waals surface area contributed by atoms with Crippen LogP contribution >= 0.6 is 15.9 Å². The lowest BCUT2D eigenvalue weighted by Crippen LogP contribution is -2.27. The van der Waals surface area contributed by atoms with Crippen molar-refractivity contribution >= 4 is 15.9 Å². The SMILES string of the molecule is CCCCNCCn1cccc(Br)c1=O. The van der Waals surface area contributed by atoms with E-state index in [1.807, 2.05) is 12.3 Å². The first-order valence-electron chi connectivity index (χ1n) is 5.31. The quantitative estimate of drug-likeness (QED) is 0.804. The monoisotopic (exact) mass is 272 g/mol. The molecular formula is C11H17BrN2O. The molecule has 4 heteroatoms. The lowest BCUT2D eigenvalue weighted by atomic mass is 10.3. The van der Waals surface area contributed by atoms with E-state index in [9.17, 15) is 4.79 Å². The number of hydrogen-bond donors (Lipinski definition) is 1. The zero-order valence-electron chi connectivity index (χ0n) is 9.00. The van der Waals surface area contributed by atoms with Gasteiger partial charge in [0.25, 0.3) is 5.56 Å². The third kappa shape index (κ3) is 4.18. The molecule has 0 atom stereocenters. The minimum atomic E-state index is 0.0368. The number of hydrogen-bond acceptors (Lipinski definition) is 2. The number of nitrogens with one attached hydrogen (secondary N) is 1. The van der Waals surface area contributed by atoms with E-state index in [0.29, 0.717) is 4.47 Å². The number of aromatic nitrogens is 1. The van der Waals surface area contributed by atoms with Crippen LogP contribution in [0.25, 0.3) is 0 Å². The Hall–Kier alpha value is -0.610.